The first-order valence-corrected chi connectivity index (χ1v) is 9.96. The van der Waals surface area contributed by atoms with E-state index in [0.717, 1.165) is 40.4 Å². The van der Waals surface area contributed by atoms with Crippen LogP contribution in [0.2, 0.25) is 0 Å². The average Bonchev–Trinajstić information content (AvgIpc) is 3.28. The summed E-state index contributed by atoms with van der Waals surface area (Å²) in [6.45, 7) is 4.36. The predicted molar refractivity (Wildman–Crippen MR) is 106 cm³/mol. The Bertz CT molecular complexity index is 1000. The maximum atomic E-state index is 11.8. The van der Waals surface area contributed by atoms with Gasteiger partial charge in [0.05, 0.1) is 23.4 Å². The fraction of sp³-hybridized carbons (Fsp3) is 0.333. The topological polar surface area (TPSA) is 64.4 Å². The summed E-state index contributed by atoms with van der Waals surface area (Å²) < 4.78 is 7.67. The number of rotatable bonds is 5. The molecule has 1 aromatic carbocycles. The van der Waals surface area contributed by atoms with Gasteiger partial charge in [0, 0.05) is 0 Å². The summed E-state index contributed by atoms with van der Waals surface area (Å²) in [5, 5.41) is 11.6. The fourth-order valence-electron chi connectivity index (χ4n) is 3.79. The van der Waals surface area contributed by atoms with Gasteiger partial charge >= 0.3 is 5.97 Å². The number of methoxy groups -OCH3 is 1. The van der Waals surface area contributed by atoms with Crippen molar-refractivity contribution in [3.8, 4) is 22.1 Å². The molecule has 140 valence electrons. The highest BCUT2D eigenvalue weighted by Crippen LogP contribution is 2.38. The van der Waals surface area contributed by atoms with Crippen LogP contribution in [0.4, 0.5) is 0 Å². The number of carboxylic acids is 1. The standard InChI is InChI=1S/C21H22N2O3S/c1-12(2)9-14-10-16-13(11-17(14)26-3)6-7-15-19(21(24)25)22-20(23(15)16)18-5-4-8-27-18/h4-5,8,10-12H,6-7,9H2,1-3H3,(H,24,25). The molecule has 0 bridgehead atoms. The first-order valence-electron chi connectivity index (χ1n) is 9.08. The largest absolute Gasteiger partial charge is 0.496 e. The van der Waals surface area contributed by atoms with Crippen molar-refractivity contribution in [2.45, 2.75) is 33.1 Å². The third-order valence-corrected chi connectivity index (χ3v) is 5.76. The van der Waals surface area contributed by atoms with Crippen molar-refractivity contribution in [1.82, 2.24) is 9.55 Å². The lowest BCUT2D eigenvalue weighted by molar-refractivity contribution is 0.0689. The molecule has 5 nitrogen and oxygen atoms in total. The molecule has 0 saturated carbocycles. The quantitative estimate of drug-likeness (QED) is 0.700. The van der Waals surface area contributed by atoms with E-state index in [0.29, 0.717) is 18.2 Å². The molecule has 0 radical (unpaired) electrons. The Kier molecular flexibility index (Phi) is 4.52. The number of carboxylic acid groups (broad SMARTS) is 1. The predicted octanol–water partition coefficient (Wildman–Crippen LogP) is 4.60. The third kappa shape index (κ3) is 3.04. The number of carbonyl (C=O) groups is 1. The van der Waals surface area contributed by atoms with Crippen molar-refractivity contribution in [2.75, 3.05) is 7.11 Å². The zero-order valence-corrected chi connectivity index (χ0v) is 16.5. The van der Waals surface area contributed by atoms with Gasteiger partial charge in [-0.15, -0.1) is 11.3 Å². The molecule has 4 rings (SSSR count). The van der Waals surface area contributed by atoms with Crippen LogP contribution in [0.3, 0.4) is 0 Å². The lowest BCUT2D eigenvalue weighted by Gasteiger charge is -2.24. The number of aryl methyl sites for hydroxylation is 1. The van der Waals surface area contributed by atoms with Crippen molar-refractivity contribution in [3.05, 3.63) is 52.2 Å². The van der Waals surface area contributed by atoms with Crippen molar-refractivity contribution in [2.24, 2.45) is 5.92 Å². The van der Waals surface area contributed by atoms with E-state index in [-0.39, 0.29) is 5.69 Å². The van der Waals surface area contributed by atoms with E-state index in [1.54, 1.807) is 18.4 Å². The maximum absolute atomic E-state index is 11.8. The molecule has 0 aliphatic carbocycles. The zero-order chi connectivity index (χ0) is 19.1. The summed E-state index contributed by atoms with van der Waals surface area (Å²) in [6.07, 6.45) is 2.34. The number of hydrogen-bond donors (Lipinski definition) is 1. The van der Waals surface area contributed by atoms with E-state index in [4.69, 9.17) is 4.74 Å². The highest BCUT2D eigenvalue weighted by atomic mass is 32.1. The van der Waals surface area contributed by atoms with Gasteiger partial charge in [-0.1, -0.05) is 19.9 Å². The van der Waals surface area contributed by atoms with Crippen molar-refractivity contribution in [1.29, 1.82) is 0 Å². The number of aromatic nitrogens is 2. The number of imidazole rings is 1. The molecule has 0 fully saturated rings. The van der Waals surface area contributed by atoms with Gasteiger partial charge in [-0.2, -0.15) is 0 Å². The number of nitrogens with zero attached hydrogens (tertiary/aromatic N) is 2. The summed E-state index contributed by atoms with van der Waals surface area (Å²) >= 11 is 1.57. The van der Waals surface area contributed by atoms with E-state index < -0.39 is 5.97 Å². The van der Waals surface area contributed by atoms with Crippen LogP contribution in [-0.2, 0) is 19.3 Å². The molecular formula is C21H22N2O3S. The van der Waals surface area contributed by atoms with Crippen LogP contribution in [-0.4, -0.2) is 27.7 Å². The molecule has 0 atom stereocenters. The molecule has 3 aromatic rings. The van der Waals surface area contributed by atoms with E-state index in [1.165, 1.54) is 5.56 Å². The maximum Gasteiger partial charge on any atom is 0.356 e. The molecule has 2 aromatic heterocycles. The first-order chi connectivity index (χ1) is 13.0. The number of benzene rings is 1. The second-order valence-corrected chi connectivity index (χ2v) is 8.19. The highest BCUT2D eigenvalue weighted by molar-refractivity contribution is 7.13. The zero-order valence-electron chi connectivity index (χ0n) is 15.7. The van der Waals surface area contributed by atoms with Gasteiger partial charge in [0.25, 0.3) is 0 Å². The number of ether oxygens (including phenoxy) is 1. The summed E-state index contributed by atoms with van der Waals surface area (Å²) in [6, 6.07) is 8.21. The van der Waals surface area contributed by atoms with E-state index >= 15 is 0 Å². The SMILES string of the molecule is COc1cc2c(cc1CC(C)C)-n1c(-c3cccs3)nc(C(=O)O)c1CC2. The molecule has 3 heterocycles. The summed E-state index contributed by atoms with van der Waals surface area (Å²) in [5.41, 5.74) is 4.27. The minimum absolute atomic E-state index is 0.158. The summed E-state index contributed by atoms with van der Waals surface area (Å²) in [7, 11) is 1.70. The Balaban J connectivity index is 1.97. The molecule has 1 N–H and O–H groups in total. The molecule has 0 amide bonds. The molecule has 0 unspecified atom stereocenters. The van der Waals surface area contributed by atoms with Crippen LogP contribution >= 0.6 is 11.3 Å². The summed E-state index contributed by atoms with van der Waals surface area (Å²) in [4.78, 5) is 17.3. The lowest BCUT2D eigenvalue weighted by Crippen LogP contribution is -2.16. The van der Waals surface area contributed by atoms with E-state index in [9.17, 15) is 9.90 Å². The number of aromatic carboxylic acids is 1. The molecule has 1 aliphatic rings. The minimum atomic E-state index is -0.971. The fourth-order valence-corrected chi connectivity index (χ4v) is 4.49. The second kappa shape index (κ2) is 6.85. The molecule has 0 saturated heterocycles. The van der Waals surface area contributed by atoms with Gasteiger partial charge in [0.15, 0.2) is 11.5 Å². The lowest BCUT2D eigenvalue weighted by atomic mass is 9.94. The normalized spacial score (nSPS) is 12.7. The van der Waals surface area contributed by atoms with Crippen LogP contribution in [0.15, 0.2) is 29.6 Å². The number of fused-ring (bicyclic) bond motifs is 3. The van der Waals surface area contributed by atoms with Crippen LogP contribution < -0.4 is 4.74 Å². The molecule has 27 heavy (non-hydrogen) atoms. The Morgan fingerprint density at radius 2 is 2.19 bits per heavy atom. The van der Waals surface area contributed by atoms with E-state index in [2.05, 4.69) is 31.0 Å². The van der Waals surface area contributed by atoms with Crippen molar-refractivity contribution in [3.63, 3.8) is 0 Å². The number of hydrogen-bond acceptors (Lipinski definition) is 4. The highest BCUT2D eigenvalue weighted by Gasteiger charge is 2.29. The van der Waals surface area contributed by atoms with Crippen LogP contribution in [0.5, 0.6) is 5.75 Å². The molecule has 6 heteroatoms. The average molecular weight is 382 g/mol. The smallest absolute Gasteiger partial charge is 0.356 e. The van der Waals surface area contributed by atoms with E-state index in [1.807, 2.05) is 22.1 Å². The number of thiophene rings is 1. The second-order valence-electron chi connectivity index (χ2n) is 7.24. The van der Waals surface area contributed by atoms with Gasteiger partial charge in [-0.25, -0.2) is 9.78 Å². The van der Waals surface area contributed by atoms with Gasteiger partial charge in [-0.05, 0) is 59.9 Å². The third-order valence-electron chi connectivity index (χ3n) is 4.90. The van der Waals surface area contributed by atoms with Crippen molar-refractivity contribution < 1.29 is 14.6 Å². The summed E-state index contributed by atoms with van der Waals surface area (Å²) in [5.74, 6) is 1.14. The first kappa shape index (κ1) is 17.8. The molecule has 1 aliphatic heterocycles. The monoisotopic (exact) mass is 382 g/mol. The molecule has 0 spiro atoms. The van der Waals surface area contributed by atoms with Crippen LogP contribution in [0.1, 0.15) is 41.2 Å². The Hall–Kier alpha value is -2.60. The van der Waals surface area contributed by atoms with Gasteiger partial charge in [-0.3, -0.25) is 4.57 Å². The van der Waals surface area contributed by atoms with Crippen LogP contribution in [0.25, 0.3) is 16.4 Å². The minimum Gasteiger partial charge on any atom is -0.496 e. The van der Waals surface area contributed by atoms with Gasteiger partial charge in [0.1, 0.15) is 5.75 Å². The van der Waals surface area contributed by atoms with Crippen molar-refractivity contribution >= 4 is 17.3 Å². The Morgan fingerprint density at radius 3 is 2.81 bits per heavy atom. The van der Waals surface area contributed by atoms with Gasteiger partial charge in [0.2, 0.25) is 0 Å². The van der Waals surface area contributed by atoms with Gasteiger partial charge < -0.3 is 9.84 Å². The van der Waals surface area contributed by atoms with Crippen LogP contribution in [0, 0.1) is 5.92 Å². The molecular weight excluding hydrogens is 360 g/mol. The Labute approximate surface area is 162 Å². The Morgan fingerprint density at radius 1 is 1.37 bits per heavy atom.